The van der Waals surface area contributed by atoms with Crippen molar-refractivity contribution in [3.8, 4) is 0 Å². The highest BCUT2D eigenvalue weighted by Gasteiger charge is 2.46. The summed E-state index contributed by atoms with van der Waals surface area (Å²) in [5.41, 5.74) is 1.80. The van der Waals surface area contributed by atoms with Gasteiger partial charge in [0.15, 0.2) is 0 Å². The lowest BCUT2D eigenvalue weighted by Crippen LogP contribution is -2.37. The third-order valence-corrected chi connectivity index (χ3v) is 4.41. The molecule has 20 heavy (non-hydrogen) atoms. The van der Waals surface area contributed by atoms with Gasteiger partial charge in [0.25, 0.3) is 0 Å². The summed E-state index contributed by atoms with van der Waals surface area (Å²) in [6.45, 7) is 2.91. The van der Waals surface area contributed by atoms with Gasteiger partial charge in [0.2, 0.25) is 5.91 Å². The molecule has 2 nitrogen and oxygen atoms in total. The van der Waals surface area contributed by atoms with Gasteiger partial charge in [0.05, 0.1) is 5.41 Å². The third kappa shape index (κ3) is 1.92. The first-order valence-electron chi connectivity index (χ1n) is 7.20. The lowest BCUT2D eigenvalue weighted by atomic mass is 9.77. The molecule has 1 heterocycles. The molecule has 0 saturated carbocycles. The fraction of sp³-hybridized carbons (Fsp3) is 0.278. The Kier molecular flexibility index (Phi) is 3.31. The maximum atomic E-state index is 13.0. The number of hydrogen-bond acceptors (Lipinski definition) is 1. The molecule has 0 aliphatic carbocycles. The van der Waals surface area contributed by atoms with Crippen LogP contribution in [0.1, 0.15) is 25.3 Å². The quantitative estimate of drug-likeness (QED) is 0.827. The van der Waals surface area contributed by atoms with Crippen LogP contribution in [0.15, 0.2) is 60.7 Å². The average Bonchev–Trinajstić information content (AvgIpc) is 2.87. The largest absolute Gasteiger partial charge is 0.312 e. The first-order valence-corrected chi connectivity index (χ1v) is 7.20. The van der Waals surface area contributed by atoms with Gasteiger partial charge >= 0.3 is 0 Å². The topological polar surface area (TPSA) is 20.3 Å². The normalized spacial score (nSPS) is 22.2. The van der Waals surface area contributed by atoms with Crippen molar-refractivity contribution >= 4 is 11.6 Å². The van der Waals surface area contributed by atoms with Crippen LogP contribution in [0.2, 0.25) is 0 Å². The Bertz CT molecular complexity index is 593. The molecule has 2 aromatic rings. The van der Waals surface area contributed by atoms with Gasteiger partial charge < -0.3 is 4.90 Å². The minimum Gasteiger partial charge on any atom is -0.312 e. The maximum absolute atomic E-state index is 13.0. The summed E-state index contributed by atoms with van der Waals surface area (Å²) in [7, 11) is 0. The van der Waals surface area contributed by atoms with Crippen molar-refractivity contribution in [3.05, 3.63) is 66.2 Å². The van der Waals surface area contributed by atoms with Crippen molar-refractivity contribution in [1.82, 2.24) is 0 Å². The zero-order valence-electron chi connectivity index (χ0n) is 11.8. The lowest BCUT2D eigenvalue weighted by molar-refractivity contribution is -0.122. The number of amides is 1. The fourth-order valence-electron chi connectivity index (χ4n) is 3.18. The number of carbonyl (C=O) groups excluding carboxylic acids is 1. The molecule has 0 radical (unpaired) electrons. The first kappa shape index (κ1) is 12.9. The number of para-hydroxylation sites is 1. The van der Waals surface area contributed by atoms with Crippen LogP contribution in [0.4, 0.5) is 5.69 Å². The van der Waals surface area contributed by atoms with Crippen molar-refractivity contribution in [2.45, 2.75) is 25.2 Å². The molecule has 0 aromatic heterocycles. The monoisotopic (exact) mass is 265 g/mol. The summed E-state index contributed by atoms with van der Waals surface area (Å²) in [5, 5.41) is 0. The molecular weight excluding hydrogens is 246 g/mol. The third-order valence-electron chi connectivity index (χ3n) is 4.41. The van der Waals surface area contributed by atoms with E-state index in [9.17, 15) is 4.79 Å². The number of rotatable bonds is 3. The molecule has 1 fully saturated rings. The van der Waals surface area contributed by atoms with Crippen LogP contribution in [-0.4, -0.2) is 12.5 Å². The van der Waals surface area contributed by atoms with Crippen molar-refractivity contribution in [2.75, 3.05) is 11.4 Å². The van der Waals surface area contributed by atoms with Crippen LogP contribution in [0.3, 0.4) is 0 Å². The summed E-state index contributed by atoms with van der Waals surface area (Å²) in [6.07, 6.45) is 1.74. The van der Waals surface area contributed by atoms with E-state index < -0.39 is 0 Å². The standard InChI is InChI=1S/C18H19NO/c1-2-18(15-9-5-3-6-10-15)13-14-19(17(18)20)16-11-7-4-8-12-16/h3-12H,2,13-14H2,1H3. The van der Waals surface area contributed by atoms with E-state index in [0.717, 1.165) is 30.6 Å². The van der Waals surface area contributed by atoms with Gasteiger partial charge in [-0.2, -0.15) is 0 Å². The van der Waals surface area contributed by atoms with E-state index in [0.29, 0.717) is 0 Å². The maximum Gasteiger partial charge on any atom is 0.237 e. The number of benzene rings is 2. The van der Waals surface area contributed by atoms with E-state index >= 15 is 0 Å². The molecule has 3 rings (SSSR count). The van der Waals surface area contributed by atoms with Crippen molar-refractivity contribution in [1.29, 1.82) is 0 Å². The first-order chi connectivity index (χ1) is 9.78. The van der Waals surface area contributed by atoms with Gasteiger partial charge in [0.1, 0.15) is 0 Å². The molecule has 1 aliphatic heterocycles. The van der Waals surface area contributed by atoms with Crippen LogP contribution in [-0.2, 0) is 10.2 Å². The molecule has 1 atom stereocenters. The zero-order valence-corrected chi connectivity index (χ0v) is 11.8. The highest BCUT2D eigenvalue weighted by molar-refractivity contribution is 6.03. The van der Waals surface area contributed by atoms with Gasteiger partial charge in [0, 0.05) is 12.2 Å². The van der Waals surface area contributed by atoms with Gasteiger partial charge in [-0.3, -0.25) is 4.79 Å². The second-order valence-electron chi connectivity index (χ2n) is 5.34. The van der Waals surface area contributed by atoms with Gasteiger partial charge in [-0.1, -0.05) is 55.5 Å². The van der Waals surface area contributed by atoms with E-state index in [1.807, 2.05) is 53.4 Å². The van der Waals surface area contributed by atoms with Crippen LogP contribution in [0, 0.1) is 0 Å². The minimum atomic E-state index is -0.350. The molecule has 0 spiro atoms. The minimum absolute atomic E-state index is 0.234. The molecule has 0 N–H and O–H groups in total. The molecule has 2 heteroatoms. The Labute approximate surface area is 120 Å². The summed E-state index contributed by atoms with van der Waals surface area (Å²) in [6, 6.07) is 20.2. The molecule has 2 aromatic carbocycles. The number of anilines is 1. The Balaban J connectivity index is 1.98. The van der Waals surface area contributed by atoms with E-state index in [-0.39, 0.29) is 11.3 Å². The summed E-state index contributed by atoms with van der Waals surface area (Å²) >= 11 is 0. The average molecular weight is 265 g/mol. The smallest absolute Gasteiger partial charge is 0.237 e. The fourth-order valence-corrected chi connectivity index (χ4v) is 3.18. The molecule has 1 aliphatic rings. The van der Waals surface area contributed by atoms with Gasteiger partial charge in [-0.25, -0.2) is 0 Å². The van der Waals surface area contributed by atoms with Crippen LogP contribution < -0.4 is 4.90 Å². The SMILES string of the molecule is CCC1(c2ccccc2)CCN(c2ccccc2)C1=O. The predicted molar refractivity (Wildman–Crippen MR) is 81.8 cm³/mol. The molecule has 102 valence electrons. The van der Waals surface area contributed by atoms with E-state index in [4.69, 9.17) is 0 Å². The van der Waals surface area contributed by atoms with Crippen LogP contribution in [0.25, 0.3) is 0 Å². The number of nitrogens with zero attached hydrogens (tertiary/aromatic N) is 1. The summed E-state index contributed by atoms with van der Waals surface area (Å²) in [4.78, 5) is 14.9. The zero-order chi connectivity index (χ0) is 14.0. The highest BCUT2D eigenvalue weighted by atomic mass is 16.2. The van der Waals surface area contributed by atoms with Crippen molar-refractivity contribution < 1.29 is 4.79 Å². The summed E-state index contributed by atoms with van der Waals surface area (Å²) < 4.78 is 0. The number of carbonyl (C=O) groups is 1. The lowest BCUT2D eigenvalue weighted by Gasteiger charge is -2.27. The molecular formula is C18H19NO. The van der Waals surface area contributed by atoms with Crippen LogP contribution in [0.5, 0.6) is 0 Å². The van der Waals surface area contributed by atoms with Gasteiger partial charge in [-0.15, -0.1) is 0 Å². The molecule has 0 bridgehead atoms. The van der Waals surface area contributed by atoms with Crippen molar-refractivity contribution in [2.24, 2.45) is 0 Å². The van der Waals surface area contributed by atoms with E-state index in [1.165, 1.54) is 0 Å². The predicted octanol–water partition coefficient (Wildman–Crippen LogP) is 3.77. The Morgan fingerprint density at radius 2 is 1.60 bits per heavy atom. The number of hydrogen-bond donors (Lipinski definition) is 0. The van der Waals surface area contributed by atoms with Crippen molar-refractivity contribution in [3.63, 3.8) is 0 Å². The van der Waals surface area contributed by atoms with E-state index in [2.05, 4.69) is 19.1 Å². The van der Waals surface area contributed by atoms with Crippen LogP contribution >= 0.6 is 0 Å². The Hall–Kier alpha value is -2.09. The summed E-state index contributed by atoms with van der Waals surface area (Å²) in [5.74, 6) is 0.234. The highest BCUT2D eigenvalue weighted by Crippen LogP contribution is 2.40. The van der Waals surface area contributed by atoms with Gasteiger partial charge in [-0.05, 0) is 30.5 Å². The Morgan fingerprint density at radius 3 is 2.20 bits per heavy atom. The molecule has 1 amide bonds. The Morgan fingerprint density at radius 1 is 1.00 bits per heavy atom. The van der Waals surface area contributed by atoms with E-state index in [1.54, 1.807) is 0 Å². The second-order valence-corrected chi connectivity index (χ2v) is 5.34. The second kappa shape index (κ2) is 5.12. The molecule has 1 unspecified atom stereocenters. The molecule has 1 saturated heterocycles.